The number of amides is 1. The SMILES string of the molecule is O=C(c1ccc(F)cc1)N1CCc2nc(COc3ccc(C(F)(F)F)cc3)oc2C1. The maximum absolute atomic E-state index is 13.0. The second-order valence-electron chi connectivity index (χ2n) is 6.77. The molecule has 0 atom stereocenters. The molecule has 0 aliphatic carbocycles. The summed E-state index contributed by atoms with van der Waals surface area (Å²) in [6.07, 6.45) is -3.91. The van der Waals surface area contributed by atoms with E-state index in [1.54, 1.807) is 4.90 Å². The van der Waals surface area contributed by atoms with Crippen molar-refractivity contribution < 1.29 is 31.5 Å². The number of oxazole rings is 1. The third kappa shape index (κ3) is 4.29. The van der Waals surface area contributed by atoms with Gasteiger partial charge in [0.1, 0.15) is 17.3 Å². The van der Waals surface area contributed by atoms with Crippen LogP contribution in [0.2, 0.25) is 0 Å². The minimum atomic E-state index is -4.41. The molecule has 4 rings (SSSR count). The molecule has 5 nitrogen and oxygen atoms in total. The molecule has 2 heterocycles. The Morgan fingerprint density at radius 2 is 1.80 bits per heavy atom. The highest BCUT2D eigenvalue weighted by atomic mass is 19.4. The van der Waals surface area contributed by atoms with Crippen LogP contribution in [0.25, 0.3) is 0 Å². The van der Waals surface area contributed by atoms with Gasteiger partial charge in [-0.3, -0.25) is 4.79 Å². The first-order chi connectivity index (χ1) is 14.3. The van der Waals surface area contributed by atoms with E-state index < -0.39 is 17.6 Å². The first-order valence-corrected chi connectivity index (χ1v) is 9.12. The van der Waals surface area contributed by atoms with Crippen LogP contribution in [0.4, 0.5) is 17.6 Å². The quantitative estimate of drug-likeness (QED) is 0.579. The van der Waals surface area contributed by atoms with E-state index in [-0.39, 0.29) is 30.7 Å². The molecule has 9 heteroatoms. The van der Waals surface area contributed by atoms with E-state index in [0.717, 1.165) is 12.1 Å². The van der Waals surface area contributed by atoms with Crippen LogP contribution in [0.3, 0.4) is 0 Å². The van der Waals surface area contributed by atoms with E-state index in [4.69, 9.17) is 9.15 Å². The second kappa shape index (κ2) is 7.81. The van der Waals surface area contributed by atoms with Gasteiger partial charge in [-0.1, -0.05) is 0 Å². The summed E-state index contributed by atoms with van der Waals surface area (Å²) in [5.41, 5.74) is 0.335. The van der Waals surface area contributed by atoms with Gasteiger partial charge in [0.15, 0.2) is 6.61 Å². The Bertz CT molecular complexity index is 1040. The number of aromatic nitrogens is 1. The van der Waals surface area contributed by atoms with Crippen LogP contribution in [-0.4, -0.2) is 22.3 Å². The van der Waals surface area contributed by atoms with E-state index in [9.17, 15) is 22.4 Å². The molecule has 2 aromatic carbocycles. The summed E-state index contributed by atoms with van der Waals surface area (Å²) in [5, 5.41) is 0. The van der Waals surface area contributed by atoms with Gasteiger partial charge < -0.3 is 14.1 Å². The van der Waals surface area contributed by atoms with Crippen LogP contribution in [0.1, 0.15) is 33.3 Å². The molecular formula is C21H16F4N2O3. The Morgan fingerprint density at radius 3 is 2.47 bits per heavy atom. The highest BCUT2D eigenvalue weighted by molar-refractivity contribution is 5.94. The van der Waals surface area contributed by atoms with Crippen molar-refractivity contribution in [3.05, 3.63) is 82.8 Å². The molecule has 3 aromatic rings. The molecule has 0 fully saturated rings. The number of rotatable bonds is 4. The van der Waals surface area contributed by atoms with Gasteiger partial charge in [0, 0.05) is 18.5 Å². The minimum Gasteiger partial charge on any atom is -0.484 e. The van der Waals surface area contributed by atoms with Gasteiger partial charge in [-0.15, -0.1) is 0 Å². The number of benzene rings is 2. The van der Waals surface area contributed by atoms with Crippen molar-refractivity contribution in [2.75, 3.05) is 6.54 Å². The zero-order valence-corrected chi connectivity index (χ0v) is 15.6. The molecule has 1 amide bonds. The van der Waals surface area contributed by atoms with E-state index in [2.05, 4.69) is 4.98 Å². The van der Waals surface area contributed by atoms with Crippen LogP contribution in [0.15, 0.2) is 52.9 Å². The number of carbonyl (C=O) groups excluding carboxylic acids is 1. The summed E-state index contributed by atoms with van der Waals surface area (Å²) < 4.78 is 62.0. The van der Waals surface area contributed by atoms with Crippen molar-refractivity contribution in [3.8, 4) is 5.75 Å². The molecule has 30 heavy (non-hydrogen) atoms. The first-order valence-electron chi connectivity index (χ1n) is 9.12. The monoisotopic (exact) mass is 420 g/mol. The molecule has 0 bridgehead atoms. The topological polar surface area (TPSA) is 55.6 Å². The zero-order valence-electron chi connectivity index (χ0n) is 15.6. The number of halogens is 4. The summed E-state index contributed by atoms with van der Waals surface area (Å²) >= 11 is 0. The summed E-state index contributed by atoms with van der Waals surface area (Å²) in [7, 11) is 0. The van der Waals surface area contributed by atoms with Crippen LogP contribution in [0, 0.1) is 5.82 Å². The fourth-order valence-electron chi connectivity index (χ4n) is 3.14. The number of hydrogen-bond donors (Lipinski definition) is 0. The maximum Gasteiger partial charge on any atom is 0.416 e. The number of hydrogen-bond acceptors (Lipinski definition) is 4. The zero-order chi connectivity index (χ0) is 21.3. The standard InChI is InChI=1S/C21H16F4N2O3/c22-15-5-1-13(2-6-15)20(28)27-10-9-17-18(11-27)30-19(26-17)12-29-16-7-3-14(4-8-16)21(23,24)25/h1-8H,9-12H2. The number of fused-ring (bicyclic) bond motifs is 1. The lowest BCUT2D eigenvalue weighted by molar-refractivity contribution is -0.137. The van der Waals surface area contributed by atoms with E-state index in [0.29, 0.717) is 30.0 Å². The molecule has 156 valence electrons. The van der Waals surface area contributed by atoms with E-state index in [1.165, 1.54) is 36.4 Å². The average Bonchev–Trinajstić information content (AvgIpc) is 3.14. The van der Waals surface area contributed by atoms with Gasteiger partial charge in [0.2, 0.25) is 5.89 Å². The van der Waals surface area contributed by atoms with Crippen molar-refractivity contribution in [1.29, 1.82) is 0 Å². The largest absolute Gasteiger partial charge is 0.484 e. The Kier molecular flexibility index (Phi) is 5.19. The van der Waals surface area contributed by atoms with Gasteiger partial charge in [0.25, 0.3) is 5.91 Å². The third-order valence-electron chi connectivity index (χ3n) is 4.70. The Labute approximate surface area is 168 Å². The van der Waals surface area contributed by atoms with E-state index >= 15 is 0 Å². The fourth-order valence-corrected chi connectivity index (χ4v) is 3.14. The Hall–Kier alpha value is -3.36. The summed E-state index contributed by atoms with van der Waals surface area (Å²) in [6, 6.07) is 9.66. The van der Waals surface area contributed by atoms with E-state index in [1.807, 2.05) is 0 Å². The molecule has 0 N–H and O–H groups in total. The predicted molar refractivity (Wildman–Crippen MR) is 97.1 cm³/mol. The van der Waals surface area contributed by atoms with Crippen molar-refractivity contribution in [3.63, 3.8) is 0 Å². The predicted octanol–water partition coefficient (Wildman–Crippen LogP) is 4.61. The maximum atomic E-state index is 13.0. The molecule has 1 aromatic heterocycles. The Balaban J connectivity index is 1.39. The molecule has 1 aliphatic rings. The molecule has 0 saturated carbocycles. The van der Waals surface area contributed by atoms with Gasteiger partial charge >= 0.3 is 6.18 Å². The molecular weight excluding hydrogens is 404 g/mol. The van der Waals surface area contributed by atoms with Crippen molar-refractivity contribution >= 4 is 5.91 Å². The van der Waals surface area contributed by atoms with Crippen LogP contribution in [0.5, 0.6) is 5.75 Å². The number of ether oxygens (including phenoxy) is 1. The number of nitrogens with zero attached hydrogens (tertiary/aromatic N) is 2. The third-order valence-corrected chi connectivity index (χ3v) is 4.70. The average molecular weight is 420 g/mol. The Morgan fingerprint density at radius 1 is 1.10 bits per heavy atom. The van der Waals surface area contributed by atoms with Crippen LogP contribution < -0.4 is 4.74 Å². The lowest BCUT2D eigenvalue weighted by atomic mass is 10.1. The van der Waals surface area contributed by atoms with Crippen molar-refractivity contribution in [1.82, 2.24) is 9.88 Å². The van der Waals surface area contributed by atoms with Gasteiger partial charge in [-0.05, 0) is 48.5 Å². The molecule has 1 aliphatic heterocycles. The number of carbonyl (C=O) groups is 1. The summed E-state index contributed by atoms with van der Waals surface area (Å²) in [4.78, 5) is 18.5. The van der Waals surface area contributed by atoms with Gasteiger partial charge in [-0.2, -0.15) is 13.2 Å². The summed E-state index contributed by atoms with van der Waals surface area (Å²) in [5.74, 6) is 0.408. The second-order valence-corrected chi connectivity index (χ2v) is 6.77. The highest BCUT2D eigenvalue weighted by Gasteiger charge is 2.30. The molecule has 0 spiro atoms. The number of alkyl halides is 3. The van der Waals surface area contributed by atoms with Gasteiger partial charge in [0.05, 0.1) is 17.8 Å². The van der Waals surface area contributed by atoms with Crippen LogP contribution >= 0.6 is 0 Å². The van der Waals surface area contributed by atoms with Crippen LogP contribution in [-0.2, 0) is 25.7 Å². The lowest BCUT2D eigenvalue weighted by Gasteiger charge is -2.25. The first kappa shape index (κ1) is 19.9. The fraction of sp³-hybridized carbons (Fsp3) is 0.238. The van der Waals surface area contributed by atoms with Crippen molar-refractivity contribution in [2.45, 2.75) is 25.7 Å². The van der Waals surface area contributed by atoms with Crippen molar-refractivity contribution in [2.24, 2.45) is 0 Å². The molecule has 0 unspecified atom stereocenters. The molecule has 0 radical (unpaired) electrons. The normalized spacial score (nSPS) is 13.8. The molecule has 0 saturated heterocycles. The summed E-state index contributed by atoms with van der Waals surface area (Å²) in [6.45, 7) is 0.609. The minimum absolute atomic E-state index is 0.0513. The van der Waals surface area contributed by atoms with Gasteiger partial charge in [-0.25, -0.2) is 9.37 Å². The highest BCUT2D eigenvalue weighted by Crippen LogP contribution is 2.30. The lowest BCUT2D eigenvalue weighted by Crippen LogP contribution is -2.35. The smallest absolute Gasteiger partial charge is 0.416 e.